The first-order chi connectivity index (χ1) is 7.22. The molecule has 0 saturated heterocycles. The summed E-state index contributed by atoms with van der Waals surface area (Å²) in [6.07, 6.45) is 1.57. The van der Waals surface area contributed by atoms with E-state index in [4.69, 9.17) is 5.11 Å². The van der Waals surface area contributed by atoms with Gasteiger partial charge < -0.3 is 5.11 Å². The topological polar surface area (TPSA) is 37.3 Å². The average Bonchev–Trinajstić information content (AvgIpc) is 2.27. The lowest BCUT2D eigenvalue weighted by Gasteiger charge is -2.04. The Morgan fingerprint density at radius 3 is 2.33 bits per heavy atom. The van der Waals surface area contributed by atoms with E-state index in [1.54, 1.807) is 12.1 Å². The van der Waals surface area contributed by atoms with Crippen molar-refractivity contribution in [3.8, 4) is 0 Å². The Labute approximate surface area is 87.5 Å². The highest BCUT2D eigenvalue weighted by Crippen LogP contribution is 2.20. The van der Waals surface area contributed by atoms with Gasteiger partial charge in [-0.25, -0.2) is 4.79 Å². The highest BCUT2D eigenvalue weighted by Gasteiger charge is 2.08. The second-order valence-electron chi connectivity index (χ2n) is 3.30. The normalized spacial score (nSPS) is 10.1. The number of fused-ring (bicyclic) bond motifs is 1. The number of carbonyl (C=O) groups is 1. The van der Waals surface area contributed by atoms with E-state index in [-0.39, 0.29) is 0 Å². The van der Waals surface area contributed by atoms with E-state index in [9.17, 15) is 4.79 Å². The molecular formula is C13H10O2. The first kappa shape index (κ1) is 9.46. The number of rotatable bonds is 2. The minimum atomic E-state index is -0.921. The van der Waals surface area contributed by atoms with E-state index in [2.05, 4.69) is 6.58 Å². The van der Waals surface area contributed by atoms with Crippen molar-refractivity contribution >= 4 is 22.8 Å². The van der Waals surface area contributed by atoms with E-state index in [0.717, 1.165) is 10.8 Å². The maximum Gasteiger partial charge on any atom is 0.336 e. The molecule has 0 atom stereocenters. The second kappa shape index (κ2) is 3.58. The van der Waals surface area contributed by atoms with Gasteiger partial charge in [0.15, 0.2) is 0 Å². The third kappa shape index (κ3) is 1.62. The summed E-state index contributed by atoms with van der Waals surface area (Å²) < 4.78 is 0. The predicted molar refractivity (Wildman–Crippen MR) is 61.0 cm³/mol. The van der Waals surface area contributed by atoms with Gasteiger partial charge in [-0.3, -0.25) is 0 Å². The highest BCUT2D eigenvalue weighted by atomic mass is 16.4. The van der Waals surface area contributed by atoms with Gasteiger partial charge in [0, 0.05) is 0 Å². The first-order valence-corrected chi connectivity index (χ1v) is 4.61. The molecule has 2 aromatic rings. The molecule has 0 unspecified atom stereocenters. The summed E-state index contributed by atoms with van der Waals surface area (Å²) in [7, 11) is 0. The van der Waals surface area contributed by atoms with Gasteiger partial charge in [0.1, 0.15) is 0 Å². The molecule has 2 rings (SSSR count). The van der Waals surface area contributed by atoms with Gasteiger partial charge in [0.25, 0.3) is 0 Å². The fourth-order valence-electron chi connectivity index (χ4n) is 1.61. The largest absolute Gasteiger partial charge is 0.478 e. The lowest BCUT2D eigenvalue weighted by atomic mass is 10.0. The van der Waals surface area contributed by atoms with Crippen molar-refractivity contribution in [2.45, 2.75) is 0 Å². The molecule has 0 aliphatic heterocycles. The van der Waals surface area contributed by atoms with Crippen molar-refractivity contribution in [1.29, 1.82) is 0 Å². The van der Waals surface area contributed by atoms with Gasteiger partial charge in [-0.15, -0.1) is 0 Å². The summed E-state index contributed by atoms with van der Waals surface area (Å²) in [5, 5.41) is 11.0. The SMILES string of the molecule is C=Cc1cc2ccccc2cc1C(=O)O. The lowest BCUT2D eigenvalue weighted by Crippen LogP contribution is -1.99. The summed E-state index contributed by atoms with van der Waals surface area (Å²) >= 11 is 0. The molecule has 0 radical (unpaired) electrons. The monoisotopic (exact) mass is 198 g/mol. The molecule has 0 aliphatic rings. The molecule has 2 aromatic carbocycles. The predicted octanol–water partition coefficient (Wildman–Crippen LogP) is 3.18. The minimum Gasteiger partial charge on any atom is -0.478 e. The summed E-state index contributed by atoms with van der Waals surface area (Å²) in [6.45, 7) is 3.62. The lowest BCUT2D eigenvalue weighted by molar-refractivity contribution is 0.0697. The summed E-state index contributed by atoms with van der Waals surface area (Å²) in [5.41, 5.74) is 0.949. The van der Waals surface area contributed by atoms with Gasteiger partial charge >= 0.3 is 5.97 Å². The third-order valence-corrected chi connectivity index (χ3v) is 2.37. The van der Waals surface area contributed by atoms with Crippen LogP contribution in [0.15, 0.2) is 43.0 Å². The number of hydrogen-bond acceptors (Lipinski definition) is 1. The van der Waals surface area contributed by atoms with Crippen molar-refractivity contribution < 1.29 is 9.90 Å². The van der Waals surface area contributed by atoms with Crippen LogP contribution in [0, 0.1) is 0 Å². The van der Waals surface area contributed by atoms with Crippen LogP contribution in [-0.4, -0.2) is 11.1 Å². The molecule has 0 fully saturated rings. The van der Waals surface area contributed by atoms with E-state index in [1.807, 2.05) is 30.3 Å². The number of hydrogen-bond donors (Lipinski definition) is 1. The number of carboxylic acids is 1. The van der Waals surface area contributed by atoms with E-state index in [0.29, 0.717) is 11.1 Å². The summed E-state index contributed by atoms with van der Waals surface area (Å²) in [4.78, 5) is 11.0. The second-order valence-corrected chi connectivity index (χ2v) is 3.30. The molecule has 2 nitrogen and oxygen atoms in total. The molecular weight excluding hydrogens is 188 g/mol. The molecule has 0 heterocycles. The van der Waals surface area contributed by atoms with Crippen molar-refractivity contribution in [2.24, 2.45) is 0 Å². The van der Waals surface area contributed by atoms with E-state index < -0.39 is 5.97 Å². The van der Waals surface area contributed by atoms with Crippen LogP contribution in [-0.2, 0) is 0 Å². The fraction of sp³-hybridized carbons (Fsp3) is 0. The maximum absolute atomic E-state index is 11.0. The molecule has 0 aliphatic carbocycles. The molecule has 74 valence electrons. The smallest absolute Gasteiger partial charge is 0.336 e. The van der Waals surface area contributed by atoms with Gasteiger partial charge in [0.05, 0.1) is 5.56 Å². The van der Waals surface area contributed by atoms with Crippen LogP contribution < -0.4 is 0 Å². The molecule has 2 heteroatoms. The Balaban J connectivity index is 2.80. The van der Waals surface area contributed by atoms with Crippen LogP contribution >= 0.6 is 0 Å². The zero-order chi connectivity index (χ0) is 10.8. The molecule has 15 heavy (non-hydrogen) atoms. The fourth-order valence-corrected chi connectivity index (χ4v) is 1.61. The Bertz CT molecular complexity index is 541. The molecule has 0 amide bonds. The highest BCUT2D eigenvalue weighted by molar-refractivity contribution is 5.98. The summed E-state index contributed by atoms with van der Waals surface area (Å²) in [5.74, 6) is -0.921. The zero-order valence-electron chi connectivity index (χ0n) is 8.10. The van der Waals surface area contributed by atoms with Crippen LogP contribution in [0.2, 0.25) is 0 Å². The van der Waals surface area contributed by atoms with E-state index in [1.165, 1.54) is 0 Å². The average molecular weight is 198 g/mol. The van der Waals surface area contributed by atoms with Crippen LogP contribution in [0.5, 0.6) is 0 Å². The number of carboxylic acid groups (broad SMARTS) is 1. The van der Waals surface area contributed by atoms with Gasteiger partial charge in [-0.05, 0) is 28.5 Å². The maximum atomic E-state index is 11.0. The molecule has 0 saturated carbocycles. The van der Waals surface area contributed by atoms with Crippen molar-refractivity contribution in [1.82, 2.24) is 0 Å². The number of benzene rings is 2. The van der Waals surface area contributed by atoms with Crippen molar-refractivity contribution in [3.05, 3.63) is 54.1 Å². The van der Waals surface area contributed by atoms with Gasteiger partial charge in [-0.1, -0.05) is 36.9 Å². The third-order valence-electron chi connectivity index (χ3n) is 2.37. The van der Waals surface area contributed by atoms with Crippen LogP contribution in [0.3, 0.4) is 0 Å². The molecule has 0 aromatic heterocycles. The molecule has 1 N–H and O–H groups in total. The van der Waals surface area contributed by atoms with Crippen molar-refractivity contribution in [2.75, 3.05) is 0 Å². The minimum absolute atomic E-state index is 0.295. The van der Waals surface area contributed by atoms with Crippen molar-refractivity contribution in [3.63, 3.8) is 0 Å². The van der Waals surface area contributed by atoms with Crippen LogP contribution in [0.25, 0.3) is 16.8 Å². The Morgan fingerprint density at radius 2 is 1.80 bits per heavy atom. The van der Waals surface area contributed by atoms with Crippen LogP contribution in [0.1, 0.15) is 15.9 Å². The first-order valence-electron chi connectivity index (χ1n) is 4.61. The van der Waals surface area contributed by atoms with Gasteiger partial charge in [-0.2, -0.15) is 0 Å². The number of aromatic carboxylic acids is 1. The summed E-state index contributed by atoms with van der Waals surface area (Å²) in [6, 6.07) is 11.2. The molecule has 0 bridgehead atoms. The Hall–Kier alpha value is -2.09. The standard InChI is InChI=1S/C13H10O2/c1-2-9-7-10-5-3-4-6-11(10)8-12(9)13(14)15/h2-8H,1H2,(H,14,15). The Kier molecular flexibility index (Phi) is 2.26. The zero-order valence-corrected chi connectivity index (χ0v) is 8.10. The van der Waals surface area contributed by atoms with Crippen LogP contribution in [0.4, 0.5) is 0 Å². The Morgan fingerprint density at radius 1 is 1.20 bits per heavy atom. The van der Waals surface area contributed by atoms with Gasteiger partial charge in [0.2, 0.25) is 0 Å². The quantitative estimate of drug-likeness (QED) is 0.804. The van der Waals surface area contributed by atoms with E-state index >= 15 is 0 Å². The molecule has 0 spiro atoms.